The van der Waals surface area contributed by atoms with Crippen LogP contribution < -0.4 is 0 Å². The third-order valence-electron chi connectivity index (χ3n) is 1.77. The molecule has 0 N–H and O–H groups in total. The van der Waals surface area contributed by atoms with E-state index in [2.05, 4.69) is 20.9 Å². The average Bonchev–Trinajstić information content (AvgIpc) is 2.26. The van der Waals surface area contributed by atoms with E-state index in [-0.39, 0.29) is 27.8 Å². The van der Waals surface area contributed by atoms with E-state index in [1.807, 2.05) is 0 Å². The van der Waals surface area contributed by atoms with Crippen molar-refractivity contribution >= 4 is 22.2 Å². The van der Waals surface area contributed by atoms with Gasteiger partial charge < -0.3 is 0 Å². The first kappa shape index (κ1) is 11.7. The Balaban J connectivity index is 3.47. The minimum Gasteiger partial charge on any atom is -0.296 e. The van der Waals surface area contributed by atoms with E-state index >= 15 is 0 Å². The van der Waals surface area contributed by atoms with Crippen molar-refractivity contribution in [1.82, 2.24) is 4.98 Å². The van der Waals surface area contributed by atoms with Gasteiger partial charge in [-0.2, -0.15) is 5.26 Å². The molecule has 0 amide bonds. The van der Waals surface area contributed by atoms with Crippen molar-refractivity contribution in [1.29, 1.82) is 5.26 Å². The highest BCUT2D eigenvalue weighted by atomic mass is 79.9. The van der Waals surface area contributed by atoms with E-state index < -0.39 is 6.43 Å². The number of hydrogen-bond acceptors (Lipinski definition) is 3. The van der Waals surface area contributed by atoms with Crippen molar-refractivity contribution in [2.24, 2.45) is 0 Å². The second-order valence-corrected chi connectivity index (χ2v) is 3.19. The standard InChI is InChI=1S/C9H5BrF2N2O/c10-2-7-6(9(11)12)1-5(4-15)14-8(7)3-13/h1,4,9H,2H2. The van der Waals surface area contributed by atoms with Crippen molar-refractivity contribution in [2.45, 2.75) is 11.8 Å². The number of rotatable bonds is 3. The Labute approximate surface area is 92.9 Å². The summed E-state index contributed by atoms with van der Waals surface area (Å²) in [5.74, 6) is 0. The van der Waals surface area contributed by atoms with Crippen LogP contribution in [0.5, 0.6) is 0 Å². The quantitative estimate of drug-likeness (QED) is 0.629. The summed E-state index contributed by atoms with van der Waals surface area (Å²) in [7, 11) is 0. The van der Waals surface area contributed by atoms with Crippen LogP contribution >= 0.6 is 15.9 Å². The maximum Gasteiger partial charge on any atom is 0.264 e. The van der Waals surface area contributed by atoms with Crippen LogP contribution in [0.1, 0.15) is 33.7 Å². The van der Waals surface area contributed by atoms with Gasteiger partial charge in [0.25, 0.3) is 6.43 Å². The van der Waals surface area contributed by atoms with Gasteiger partial charge in [-0.25, -0.2) is 13.8 Å². The molecule has 3 nitrogen and oxygen atoms in total. The minimum absolute atomic E-state index is 0.0989. The Kier molecular flexibility index (Phi) is 3.86. The molecule has 0 saturated heterocycles. The summed E-state index contributed by atoms with van der Waals surface area (Å²) in [5, 5.41) is 8.78. The molecule has 1 aromatic heterocycles. The molecular weight excluding hydrogens is 270 g/mol. The third kappa shape index (κ3) is 2.36. The maximum absolute atomic E-state index is 12.6. The van der Waals surface area contributed by atoms with E-state index in [1.54, 1.807) is 6.07 Å². The SMILES string of the molecule is N#Cc1nc(C=O)cc(C(F)F)c1CBr. The van der Waals surface area contributed by atoms with E-state index in [0.717, 1.165) is 6.07 Å². The van der Waals surface area contributed by atoms with Crippen molar-refractivity contribution in [3.63, 3.8) is 0 Å². The molecule has 15 heavy (non-hydrogen) atoms. The van der Waals surface area contributed by atoms with Gasteiger partial charge >= 0.3 is 0 Å². The van der Waals surface area contributed by atoms with Crippen LogP contribution in [0.3, 0.4) is 0 Å². The molecule has 1 aromatic rings. The normalized spacial score (nSPS) is 10.1. The number of alkyl halides is 3. The van der Waals surface area contributed by atoms with Crippen LogP contribution in [-0.4, -0.2) is 11.3 Å². The zero-order valence-electron chi connectivity index (χ0n) is 7.38. The summed E-state index contributed by atoms with van der Waals surface area (Å²) in [4.78, 5) is 14.1. The zero-order chi connectivity index (χ0) is 11.4. The molecule has 0 radical (unpaired) electrons. The molecule has 0 aliphatic heterocycles. The third-order valence-corrected chi connectivity index (χ3v) is 2.33. The monoisotopic (exact) mass is 274 g/mol. The fourth-order valence-corrected chi connectivity index (χ4v) is 1.69. The van der Waals surface area contributed by atoms with Gasteiger partial charge in [0, 0.05) is 16.5 Å². The van der Waals surface area contributed by atoms with Gasteiger partial charge in [-0.1, -0.05) is 15.9 Å². The molecule has 0 aliphatic carbocycles. The van der Waals surface area contributed by atoms with Crippen LogP contribution in [0, 0.1) is 11.3 Å². The minimum atomic E-state index is -2.73. The molecule has 0 bridgehead atoms. The molecule has 0 aliphatic rings. The van der Waals surface area contributed by atoms with Gasteiger partial charge in [0.15, 0.2) is 6.29 Å². The predicted molar refractivity (Wildman–Crippen MR) is 51.9 cm³/mol. The van der Waals surface area contributed by atoms with Gasteiger partial charge in [0.2, 0.25) is 0 Å². The van der Waals surface area contributed by atoms with Crippen LogP contribution in [-0.2, 0) is 5.33 Å². The number of carbonyl (C=O) groups is 1. The highest BCUT2D eigenvalue weighted by Crippen LogP contribution is 2.26. The second kappa shape index (κ2) is 4.94. The molecule has 1 heterocycles. The van der Waals surface area contributed by atoms with Gasteiger partial charge in [-0.15, -0.1) is 0 Å². The fraction of sp³-hybridized carbons (Fsp3) is 0.222. The predicted octanol–water partition coefficient (Wildman–Crippen LogP) is 2.60. The Hall–Kier alpha value is -1.35. The molecule has 6 heteroatoms. The summed E-state index contributed by atoms with van der Waals surface area (Å²) in [5.41, 5.74) is -0.517. The zero-order valence-corrected chi connectivity index (χ0v) is 8.96. The van der Waals surface area contributed by atoms with Crippen LogP contribution in [0.15, 0.2) is 6.07 Å². The summed E-state index contributed by atoms with van der Waals surface area (Å²) in [6, 6.07) is 2.68. The summed E-state index contributed by atoms with van der Waals surface area (Å²) in [6.07, 6.45) is -2.39. The highest BCUT2D eigenvalue weighted by Gasteiger charge is 2.18. The summed E-state index contributed by atoms with van der Waals surface area (Å²) in [6.45, 7) is 0. The Morgan fingerprint density at radius 1 is 1.67 bits per heavy atom. The van der Waals surface area contributed by atoms with E-state index in [4.69, 9.17) is 5.26 Å². The number of aromatic nitrogens is 1. The molecule has 0 aromatic carbocycles. The largest absolute Gasteiger partial charge is 0.296 e. The molecule has 0 fully saturated rings. The number of nitrogens with zero attached hydrogens (tertiary/aromatic N) is 2. The van der Waals surface area contributed by atoms with Crippen molar-refractivity contribution < 1.29 is 13.6 Å². The lowest BCUT2D eigenvalue weighted by Crippen LogP contribution is -2.02. The van der Waals surface area contributed by atoms with Crippen molar-refractivity contribution in [2.75, 3.05) is 0 Å². The number of carbonyl (C=O) groups excluding carboxylic acids is 1. The Morgan fingerprint density at radius 3 is 2.73 bits per heavy atom. The number of aldehydes is 1. The lowest BCUT2D eigenvalue weighted by molar-refractivity contribution is 0.111. The lowest BCUT2D eigenvalue weighted by Gasteiger charge is -2.07. The van der Waals surface area contributed by atoms with Crippen LogP contribution in [0.25, 0.3) is 0 Å². The molecule has 0 unspecified atom stereocenters. The van der Waals surface area contributed by atoms with Gasteiger partial charge in [-0.05, 0) is 6.07 Å². The first-order chi connectivity index (χ1) is 7.13. The lowest BCUT2D eigenvalue weighted by atomic mass is 10.1. The molecule has 0 atom stereocenters. The molecule has 1 rings (SSSR count). The summed E-state index contributed by atoms with van der Waals surface area (Å²) >= 11 is 3.00. The van der Waals surface area contributed by atoms with E-state index in [0.29, 0.717) is 6.29 Å². The fourth-order valence-electron chi connectivity index (χ4n) is 1.10. The number of hydrogen-bond donors (Lipinski definition) is 0. The van der Waals surface area contributed by atoms with Crippen LogP contribution in [0.4, 0.5) is 8.78 Å². The van der Waals surface area contributed by atoms with Gasteiger partial charge in [-0.3, -0.25) is 4.79 Å². The number of nitriles is 1. The van der Waals surface area contributed by atoms with Gasteiger partial charge in [0.05, 0.1) is 0 Å². The first-order valence-electron chi connectivity index (χ1n) is 3.87. The van der Waals surface area contributed by atoms with E-state index in [1.165, 1.54) is 0 Å². The second-order valence-electron chi connectivity index (χ2n) is 2.63. The molecule has 0 spiro atoms. The van der Waals surface area contributed by atoms with Crippen molar-refractivity contribution in [3.05, 3.63) is 28.6 Å². The average molecular weight is 275 g/mol. The Bertz CT molecular complexity index is 429. The molecule has 0 saturated carbocycles. The van der Waals surface area contributed by atoms with Crippen molar-refractivity contribution in [3.8, 4) is 6.07 Å². The molecular formula is C9H5BrF2N2O. The highest BCUT2D eigenvalue weighted by molar-refractivity contribution is 9.08. The number of halogens is 3. The smallest absolute Gasteiger partial charge is 0.264 e. The number of pyridine rings is 1. The first-order valence-corrected chi connectivity index (χ1v) is 4.99. The summed E-state index contributed by atoms with van der Waals surface area (Å²) < 4.78 is 25.1. The van der Waals surface area contributed by atoms with Crippen LogP contribution in [0.2, 0.25) is 0 Å². The van der Waals surface area contributed by atoms with E-state index in [9.17, 15) is 13.6 Å². The Morgan fingerprint density at radius 2 is 2.33 bits per heavy atom. The molecule has 78 valence electrons. The van der Waals surface area contributed by atoms with Gasteiger partial charge in [0.1, 0.15) is 17.5 Å². The maximum atomic E-state index is 12.6. The topological polar surface area (TPSA) is 53.8 Å².